The van der Waals surface area contributed by atoms with Gasteiger partial charge in [0.2, 0.25) is 5.88 Å². The molecule has 27 heavy (non-hydrogen) atoms. The summed E-state index contributed by atoms with van der Waals surface area (Å²) in [6.45, 7) is -0.000104. The van der Waals surface area contributed by atoms with Gasteiger partial charge in [-0.2, -0.15) is 0 Å². The lowest BCUT2D eigenvalue weighted by Crippen LogP contribution is -2.29. The lowest BCUT2D eigenvalue weighted by atomic mass is 10.2. The lowest BCUT2D eigenvalue weighted by molar-refractivity contribution is -0.383. The largest absolute Gasteiger partial charge is 0.493 e. The molecule has 2 rings (SSSR count). The number of aromatic amines is 1. The number of para-hydroxylation sites is 2. The third-order valence-corrected chi connectivity index (χ3v) is 4.13. The number of carboxylic acid groups (broad SMARTS) is 1. The predicted octanol–water partition coefficient (Wildman–Crippen LogP) is 2.16. The number of benzene rings is 1. The number of nitrogens with zero attached hydrogens (tertiary/aromatic N) is 2. The quantitative estimate of drug-likeness (QED) is 0.191. The predicted molar refractivity (Wildman–Crippen MR) is 105 cm³/mol. The van der Waals surface area contributed by atoms with Crippen molar-refractivity contribution in [3.8, 4) is 5.88 Å². The topological polar surface area (TPSA) is 145 Å². The van der Waals surface area contributed by atoms with Crippen molar-refractivity contribution in [1.82, 2.24) is 14.9 Å². The molecule has 0 amide bonds. The number of aromatic hydroxyl groups is 1. The highest BCUT2D eigenvalue weighted by Gasteiger charge is 2.14. The molecule has 1 heterocycles. The minimum atomic E-state index is -1.11. The minimum absolute atomic E-state index is 0.0843. The Kier molecular flexibility index (Phi) is 6.85. The lowest BCUT2D eigenvalue weighted by Gasteiger charge is -2.10. The summed E-state index contributed by atoms with van der Waals surface area (Å²) in [6, 6.07) is 6.14. The minimum Gasteiger partial charge on any atom is -0.493 e. The van der Waals surface area contributed by atoms with Crippen LogP contribution in [0.25, 0.3) is 0 Å². The molecule has 0 bridgehead atoms. The van der Waals surface area contributed by atoms with E-state index in [-0.39, 0.29) is 27.1 Å². The zero-order valence-corrected chi connectivity index (χ0v) is 15.6. The van der Waals surface area contributed by atoms with Crippen LogP contribution in [0.2, 0.25) is 0 Å². The van der Waals surface area contributed by atoms with Crippen LogP contribution in [0.5, 0.6) is 5.88 Å². The molecule has 0 atom stereocenters. The molecule has 0 spiro atoms. The molecule has 0 unspecified atom stereocenters. The average molecular weight is 411 g/mol. The van der Waals surface area contributed by atoms with Crippen molar-refractivity contribution in [2.45, 2.75) is 19.4 Å². The number of hydrogen-bond donors (Lipinski definition) is 5. The second kappa shape index (κ2) is 9.09. The van der Waals surface area contributed by atoms with E-state index in [0.717, 1.165) is 4.57 Å². The van der Waals surface area contributed by atoms with Crippen LogP contribution in [0.15, 0.2) is 24.3 Å². The summed E-state index contributed by atoms with van der Waals surface area (Å²) in [4.78, 5) is 24.0. The van der Waals surface area contributed by atoms with Gasteiger partial charge in [-0.25, -0.2) is 0 Å². The zero-order chi connectivity index (χ0) is 20.0. The van der Waals surface area contributed by atoms with Gasteiger partial charge in [-0.15, -0.1) is 0 Å². The maximum atomic E-state index is 11.0. The van der Waals surface area contributed by atoms with Crippen LogP contribution in [0, 0.1) is 14.9 Å². The molecule has 0 saturated heterocycles. The van der Waals surface area contributed by atoms with Crippen LogP contribution < -0.4 is 10.6 Å². The number of anilines is 1. The fourth-order valence-electron chi connectivity index (χ4n) is 2.34. The van der Waals surface area contributed by atoms with E-state index in [9.17, 15) is 20.0 Å². The van der Waals surface area contributed by atoms with Crippen molar-refractivity contribution in [1.29, 1.82) is 0 Å². The van der Waals surface area contributed by atoms with E-state index < -0.39 is 17.4 Å². The van der Waals surface area contributed by atoms with Gasteiger partial charge in [-0.05, 0) is 43.3 Å². The highest BCUT2D eigenvalue weighted by atomic mass is 32.1. The Bertz CT molecular complexity index is 924. The number of aromatic nitrogens is 2. The number of H-pyrrole nitrogens is 1. The van der Waals surface area contributed by atoms with E-state index in [1.54, 1.807) is 18.2 Å². The Morgan fingerprint density at radius 2 is 2.07 bits per heavy atom. The summed E-state index contributed by atoms with van der Waals surface area (Å²) < 4.78 is 1.23. The number of hydrogen-bond acceptors (Lipinski definition) is 6. The third kappa shape index (κ3) is 5.49. The molecule has 0 aliphatic carbocycles. The smallest absolute Gasteiger partial charge is 0.323 e. The number of carboxylic acids is 1. The van der Waals surface area contributed by atoms with Crippen molar-refractivity contribution in [3.63, 3.8) is 0 Å². The molecule has 1 aromatic carbocycles. The average Bonchev–Trinajstić information content (AvgIpc) is 2.86. The molecule has 0 fully saturated rings. The van der Waals surface area contributed by atoms with Crippen LogP contribution in [-0.4, -0.2) is 42.3 Å². The fraction of sp³-hybridized carbons (Fsp3) is 0.267. The summed E-state index contributed by atoms with van der Waals surface area (Å²) in [5.41, 5.74) is 0.631. The standard InChI is InChI=1S/C15H17N5O5S2/c21-12(22)8-19-13(23)10(18-15(19)27)5-3-7-16-14(26)17-9-4-1-2-6-11(9)20(24)25/h1-2,4,6,23H,3,5,7-8H2,(H,18,27)(H,21,22)(H2,16,17,26). The molecule has 2 aromatic rings. The molecule has 1 aromatic heterocycles. The van der Waals surface area contributed by atoms with E-state index in [1.807, 2.05) is 0 Å². The van der Waals surface area contributed by atoms with Gasteiger partial charge in [0.15, 0.2) is 9.88 Å². The van der Waals surface area contributed by atoms with E-state index in [4.69, 9.17) is 29.5 Å². The maximum absolute atomic E-state index is 11.0. The Hall–Kier alpha value is -2.99. The first-order chi connectivity index (χ1) is 12.8. The second-order valence-corrected chi connectivity index (χ2v) is 6.27. The highest BCUT2D eigenvalue weighted by Crippen LogP contribution is 2.23. The van der Waals surface area contributed by atoms with Crippen molar-refractivity contribution in [2.75, 3.05) is 11.9 Å². The van der Waals surface area contributed by atoms with Gasteiger partial charge in [0.25, 0.3) is 5.69 Å². The normalized spacial score (nSPS) is 10.4. The molecule has 12 heteroatoms. The van der Waals surface area contributed by atoms with E-state index >= 15 is 0 Å². The van der Waals surface area contributed by atoms with Gasteiger partial charge in [-0.3, -0.25) is 19.5 Å². The first-order valence-corrected chi connectivity index (χ1v) is 8.62. The number of thiocarbonyl (C=S) groups is 1. The molecule has 0 radical (unpaired) electrons. The summed E-state index contributed by atoms with van der Waals surface area (Å²) in [7, 11) is 0. The first-order valence-electron chi connectivity index (χ1n) is 7.80. The fourth-order valence-corrected chi connectivity index (χ4v) is 2.83. The van der Waals surface area contributed by atoms with Crippen molar-refractivity contribution in [2.24, 2.45) is 0 Å². The van der Waals surface area contributed by atoms with Gasteiger partial charge in [0.1, 0.15) is 12.2 Å². The van der Waals surface area contributed by atoms with Gasteiger partial charge in [0, 0.05) is 12.6 Å². The summed E-state index contributed by atoms with van der Waals surface area (Å²) in [5.74, 6) is -1.32. The number of aryl methyl sites for hydroxylation is 1. The van der Waals surface area contributed by atoms with Gasteiger partial charge < -0.3 is 25.8 Å². The Morgan fingerprint density at radius 1 is 1.37 bits per heavy atom. The number of aliphatic carboxylic acids is 1. The molecule has 144 valence electrons. The zero-order valence-electron chi connectivity index (χ0n) is 14.0. The number of carbonyl (C=O) groups is 1. The van der Waals surface area contributed by atoms with Crippen LogP contribution in [0.4, 0.5) is 11.4 Å². The molecule has 0 aliphatic rings. The second-order valence-electron chi connectivity index (χ2n) is 5.47. The van der Waals surface area contributed by atoms with Crippen molar-refractivity contribution >= 4 is 46.9 Å². The van der Waals surface area contributed by atoms with Crippen LogP contribution in [0.3, 0.4) is 0 Å². The number of nitro benzene ring substituents is 1. The Labute approximate surface area is 164 Å². The van der Waals surface area contributed by atoms with Gasteiger partial charge in [-0.1, -0.05) is 12.1 Å². The number of nitrogens with one attached hydrogen (secondary N) is 3. The van der Waals surface area contributed by atoms with Crippen molar-refractivity contribution in [3.05, 3.63) is 44.8 Å². The van der Waals surface area contributed by atoms with Crippen LogP contribution in [-0.2, 0) is 17.8 Å². The monoisotopic (exact) mass is 411 g/mol. The van der Waals surface area contributed by atoms with Gasteiger partial charge in [0.05, 0.1) is 10.6 Å². The number of rotatable bonds is 8. The molecule has 0 saturated carbocycles. The first kappa shape index (κ1) is 20.3. The van der Waals surface area contributed by atoms with E-state index in [1.165, 1.54) is 6.07 Å². The van der Waals surface area contributed by atoms with Crippen molar-refractivity contribution < 1.29 is 19.9 Å². The van der Waals surface area contributed by atoms with E-state index in [0.29, 0.717) is 25.1 Å². The third-order valence-electron chi connectivity index (χ3n) is 3.56. The molecule has 10 nitrogen and oxygen atoms in total. The Morgan fingerprint density at radius 3 is 2.74 bits per heavy atom. The molecular formula is C15H17N5O5S2. The SMILES string of the molecule is O=C(O)Cn1c(O)c(CCCNC(=S)Nc2ccccc2[N+](=O)[O-])[nH]c1=S. The van der Waals surface area contributed by atoms with Crippen LogP contribution in [0.1, 0.15) is 12.1 Å². The van der Waals surface area contributed by atoms with Crippen LogP contribution >= 0.6 is 24.4 Å². The molecule has 5 N–H and O–H groups in total. The number of imidazole rings is 1. The highest BCUT2D eigenvalue weighted by molar-refractivity contribution is 7.80. The van der Waals surface area contributed by atoms with Gasteiger partial charge >= 0.3 is 5.97 Å². The maximum Gasteiger partial charge on any atom is 0.323 e. The molecular weight excluding hydrogens is 394 g/mol. The summed E-state index contributed by atoms with van der Waals surface area (Å²) >= 11 is 10.1. The molecule has 0 aliphatic heterocycles. The Balaban J connectivity index is 1.85. The number of nitro groups is 1. The summed E-state index contributed by atoms with van der Waals surface area (Å²) in [6.07, 6.45) is 0.956. The summed E-state index contributed by atoms with van der Waals surface area (Å²) in [5, 5.41) is 35.7. The van der Waals surface area contributed by atoms with E-state index in [2.05, 4.69) is 15.6 Å².